The molecule has 226 valence electrons. The lowest BCUT2D eigenvalue weighted by molar-refractivity contribution is 0.210. The maximum absolute atomic E-state index is 13.7. The van der Waals surface area contributed by atoms with Crippen LogP contribution in [0.5, 0.6) is 0 Å². The summed E-state index contributed by atoms with van der Waals surface area (Å²) < 4.78 is 25.9. The molecule has 0 atom stereocenters. The predicted octanol–water partition coefficient (Wildman–Crippen LogP) is 6.92. The second kappa shape index (κ2) is 14.4. The number of hydrogen-bond acceptors (Lipinski definition) is 7. The van der Waals surface area contributed by atoms with Crippen LogP contribution in [0.1, 0.15) is 29.2 Å². The van der Waals surface area contributed by atoms with E-state index in [0.29, 0.717) is 52.3 Å². The maximum atomic E-state index is 13.7. The van der Waals surface area contributed by atoms with Gasteiger partial charge in [-0.15, -0.1) is 0 Å². The average Bonchev–Trinajstić information content (AvgIpc) is 3.39. The number of benzene rings is 3. The van der Waals surface area contributed by atoms with Crippen LogP contribution in [0.3, 0.4) is 0 Å². The summed E-state index contributed by atoms with van der Waals surface area (Å²) in [7, 11) is -3.39. The number of sulfonamides is 1. The number of aromatic nitrogens is 3. The summed E-state index contributed by atoms with van der Waals surface area (Å²) in [5.74, 6) is 0.102. The highest BCUT2D eigenvalue weighted by molar-refractivity contribution is 7.92. The predicted molar refractivity (Wildman–Crippen MR) is 177 cm³/mol. The first-order valence-electron chi connectivity index (χ1n) is 13.9. The summed E-state index contributed by atoms with van der Waals surface area (Å²) in [6, 6.07) is 27.0. The van der Waals surface area contributed by atoms with Gasteiger partial charge in [0.25, 0.3) is 0 Å². The second-order valence-electron chi connectivity index (χ2n) is 10.1. The van der Waals surface area contributed by atoms with Crippen LogP contribution < -0.4 is 10.0 Å². The smallest absolute Gasteiger partial charge is 0.323 e. The third kappa shape index (κ3) is 8.62. The molecule has 0 saturated carbocycles. The van der Waals surface area contributed by atoms with E-state index in [1.807, 2.05) is 36.4 Å². The quantitative estimate of drug-likeness (QED) is 0.152. The molecule has 44 heavy (non-hydrogen) atoms. The van der Waals surface area contributed by atoms with Gasteiger partial charge >= 0.3 is 6.03 Å². The van der Waals surface area contributed by atoms with Crippen LogP contribution in [0, 0.1) is 0 Å². The van der Waals surface area contributed by atoms with Crippen LogP contribution in [0.15, 0.2) is 104 Å². The molecule has 2 heterocycles. The fraction of sp³-hybridized carbons (Fsp3) is 0.188. The Balaban J connectivity index is 1.33. The molecule has 5 aromatic rings. The lowest BCUT2D eigenvalue weighted by Crippen LogP contribution is -2.38. The fourth-order valence-corrected chi connectivity index (χ4v) is 6.46. The monoisotopic (exact) mass is 646 g/mol. The number of urea groups is 1. The topological polar surface area (TPSA) is 117 Å². The van der Waals surface area contributed by atoms with Crippen molar-refractivity contribution in [3.05, 3.63) is 125 Å². The molecule has 9 nitrogen and oxygen atoms in total. The molecule has 2 aromatic heterocycles. The minimum atomic E-state index is -3.39. The Bertz CT molecular complexity index is 1730. The van der Waals surface area contributed by atoms with Crippen molar-refractivity contribution >= 4 is 49.8 Å². The molecule has 5 rings (SSSR count). The van der Waals surface area contributed by atoms with Gasteiger partial charge in [0.05, 0.1) is 11.9 Å². The first-order chi connectivity index (χ1) is 21.2. The Morgan fingerprint density at radius 2 is 1.59 bits per heavy atom. The number of thiazole rings is 1. The van der Waals surface area contributed by atoms with E-state index in [1.165, 1.54) is 11.1 Å². The molecule has 0 fully saturated rings. The van der Waals surface area contributed by atoms with Crippen molar-refractivity contribution in [2.75, 3.05) is 29.4 Å². The van der Waals surface area contributed by atoms with Gasteiger partial charge in [-0.1, -0.05) is 95.7 Å². The number of amides is 2. The molecule has 0 unspecified atom stereocenters. The largest absolute Gasteiger partial charge is 0.324 e. The van der Waals surface area contributed by atoms with Gasteiger partial charge in [0, 0.05) is 55.3 Å². The number of anilines is 2. The van der Waals surface area contributed by atoms with Gasteiger partial charge < -0.3 is 4.90 Å². The van der Waals surface area contributed by atoms with E-state index in [0.717, 1.165) is 23.3 Å². The minimum absolute atomic E-state index is 0.102. The van der Waals surface area contributed by atoms with Crippen LogP contribution in [0.2, 0.25) is 4.34 Å². The van der Waals surface area contributed by atoms with E-state index >= 15 is 0 Å². The summed E-state index contributed by atoms with van der Waals surface area (Å²) in [5.41, 5.74) is 4.78. The van der Waals surface area contributed by atoms with Gasteiger partial charge in [0.2, 0.25) is 10.0 Å². The maximum Gasteiger partial charge on any atom is 0.323 e. The molecule has 2 N–H and O–H groups in total. The van der Waals surface area contributed by atoms with Gasteiger partial charge in [-0.3, -0.25) is 20.0 Å². The number of nitrogens with one attached hydrogen (secondary N) is 2. The Morgan fingerprint density at radius 1 is 0.932 bits per heavy atom. The van der Waals surface area contributed by atoms with E-state index in [2.05, 4.69) is 49.3 Å². The molecule has 0 aliphatic carbocycles. The number of halogens is 1. The third-order valence-electron chi connectivity index (χ3n) is 6.89. The Labute approximate surface area is 266 Å². The van der Waals surface area contributed by atoms with E-state index in [1.54, 1.807) is 47.8 Å². The second-order valence-corrected chi connectivity index (χ2v) is 13.5. The number of carbonyl (C=O) groups is 1. The third-order valence-corrected chi connectivity index (χ3v) is 8.67. The van der Waals surface area contributed by atoms with E-state index in [4.69, 9.17) is 11.6 Å². The molecule has 0 bridgehead atoms. The highest BCUT2D eigenvalue weighted by atomic mass is 35.5. The molecular weight excluding hydrogens is 616 g/mol. The van der Waals surface area contributed by atoms with Crippen LogP contribution in [0.25, 0.3) is 11.3 Å². The summed E-state index contributed by atoms with van der Waals surface area (Å²) >= 11 is 7.70. The summed E-state index contributed by atoms with van der Waals surface area (Å²) in [4.78, 5) is 28.6. The summed E-state index contributed by atoms with van der Waals surface area (Å²) in [6.45, 7) is 0.920. The summed E-state index contributed by atoms with van der Waals surface area (Å²) in [6.07, 6.45) is 7.31. The number of hydrogen-bond donors (Lipinski definition) is 2. The van der Waals surface area contributed by atoms with Crippen molar-refractivity contribution in [3.63, 3.8) is 0 Å². The van der Waals surface area contributed by atoms with Gasteiger partial charge in [-0.05, 0) is 29.7 Å². The average molecular weight is 647 g/mol. The van der Waals surface area contributed by atoms with E-state index < -0.39 is 10.0 Å². The van der Waals surface area contributed by atoms with Gasteiger partial charge in [-0.2, -0.15) is 0 Å². The van der Waals surface area contributed by atoms with Crippen LogP contribution in [-0.2, 0) is 16.4 Å². The zero-order chi connectivity index (χ0) is 30.9. The Hall–Kier alpha value is -4.32. The number of nitrogens with zero attached hydrogens (tertiary/aromatic N) is 4. The molecule has 2 amide bonds. The van der Waals surface area contributed by atoms with Crippen molar-refractivity contribution < 1.29 is 13.2 Å². The molecule has 0 spiro atoms. The van der Waals surface area contributed by atoms with Crippen LogP contribution in [0.4, 0.5) is 15.6 Å². The first-order valence-corrected chi connectivity index (χ1v) is 17.0. The summed E-state index contributed by atoms with van der Waals surface area (Å²) in [5, 5.41) is 3.30. The van der Waals surface area contributed by atoms with E-state index in [-0.39, 0.29) is 11.9 Å². The van der Waals surface area contributed by atoms with Gasteiger partial charge in [0.15, 0.2) is 5.13 Å². The van der Waals surface area contributed by atoms with Crippen LogP contribution >= 0.6 is 22.9 Å². The first kappa shape index (κ1) is 31.1. The van der Waals surface area contributed by atoms with Gasteiger partial charge in [0.1, 0.15) is 10.0 Å². The van der Waals surface area contributed by atoms with Crippen molar-refractivity contribution in [2.45, 2.75) is 18.8 Å². The zero-order valence-electron chi connectivity index (χ0n) is 23.9. The highest BCUT2D eigenvalue weighted by Crippen LogP contribution is 2.36. The van der Waals surface area contributed by atoms with Crippen molar-refractivity contribution in [1.82, 2.24) is 19.9 Å². The molecule has 0 aliphatic heterocycles. The van der Waals surface area contributed by atoms with Crippen molar-refractivity contribution in [2.24, 2.45) is 0 Å². The molecule has 12 heteroatoms. The molecule has 0 radical (unpaired) electrons. The number of rotatable bonds is 12. The van der Waals surface area contributed by atoms with Crippen LogP contribution in [-0.4, -0.2) is 53.6 Å². The van der Waals surface area contributed by atoms with Crippen molar-refractivity contribution in [1.29, 1.82) is 0 Å². The zero-order valence-corrected chi connectivity index (χ0v) is 26.3. The van der Waals surface area contributed by atoms with Gasteiger partial charge in [-0.25, -0.2) is 18.2 Å². The Kier molecular flexibility index (Phi) is 10.2. The fourth-order valence-electron chi connectivity index (χ4n) is 4.82. The molecule has 0 aliphatic rings. The standard InChI is InChI=1S/C32H31ClN6O3S2/c1-44(41,42)38-26-14-12-25(13-15-26)29-30(33)43-31(36-29)37-32(40)39(20-16-27-22-34-18-19-35-27)21-17-28(23-8-4-2-5-9-23)24-10-6-3-7-11-24/h2-15,18-19,22,28,38H,16-17,20-21H2,1H3,(H,36,37,40). The number of carbonyl (C=O) groups excluding carboxylic acids is 1. The van der Waals surface area contributed by atoms with E-state index in [9.17, 15) is 13.2 Å². The normalized spacial score (nSPS) is 11.3. The SMILES string of the molecule is CS(=O)(=O)Nc1ccc(-c2nc(NC(=O)N(CCc3cnccn3)CCC(c3ccccc3)c3ccccc3)sc2Cl)cc1. The Morgan fingerprint density at radius 3 is 2.18 bits per heavy atom. The molecule has 3 aromatic carbocycles. The lowest BCUT2D eigenvalue weighted by Gasteiger charge is -2.26. The molecular formula is C32H31ClN6O3S2. The van der Waals surface area contributed by atoms with Crippen molar-refractivity contribution in [3.8, 4) is 11.3 Å². The molecule has 0 saturated heterocycles. The minimum Gasteiger partial charge on any atom is -0.324 e. The highest BCUT2D eigenvalue weighted by Gasteiger charge is 2.21. The lowest BCUT2D eigenvalue weighted by atomic mass is 9.88.